The van der Waals surface area contributed by atoms with Crippen molar-refractivity contribution in [3.05, 3.63) is 77.0 Å². The molecule has 0 saturated heterocycles. The highest BCUT2D eigenvalue weighted by Crippen LogP contribution is 2.31. The zero-order valence-corrected chi connectivity index (χ0v) is 16.6. The van der Waals surface area contributed by atoms with Crippen LogP contribution in [0, 0.1) is 6.92 Å². The van der Waals surface area contributed by atoms with Gasteiger partial charge in [0.15, 0.2) is 0 Å². The van der Waals surface area contributed by atoms with Gasteiger partial charge in [0.1, 0.15) is 11.6 Å². The Labute approximate surface area is 174 Å². The minimum atomic E-state index is -0.445. The Morgan fingerprint density at radius 1 is 1.17 bits per heavy atom. The van der Waals surface area contributed by atoms with Gasteiger partial charge in [-0.1, -0.05) is 36.4 Å². The lowest BCUT2D eigenvalue weighted by Crippen LogP contribution is -2.12. The van der Waals surface area contributed by atoms with Gasteiger partial charge in [-0.25, -0.2) is 0 Å². The zero-order valence-electron chi connectivity index (χ0n) is 16.6. The van der Waals surface area contributed by atoms with E-state index in [9.17, 15) is 4.79 Å². The second-order valence-electron chi connectivity index (χ2n) is 7.44. The number of hydrogen-bond acceptors (Lipinski definition) is 5. The maximum Gasteiger partial charge on any atom is 0.249 e. The van der Waals surface area contributed by atoms with Gasteiger partial charge in [0.2, 0.25) is 11.9 Å². The smallest absolute Gasteiger partial charge is 0.249 e. The molecular weight excluding hydrogens is 376 g/mol. The molecule has 4 aromatic rings. The summed E-state index contributed by atoms with van der Waals surface area (Å²) in [5, 5.41) is 7.65. The molecule has 1 aliphatic heterocycles. The highest BCUT2D eigenvalue weighted by molar-refractivity contribution is 6.06. The number of primary amides is 1. The molecule has 4 N–H and O–H groups in total. The lowest BCUT2D eigenvalue weighted by molar-refractivity contribution is 0.100. The summed E-state index contributed by atoms with van der Waals surface area (Å²) in [6, 6.07) is 17.7. The molecule has 0 bridgehead atoms. The van der Waals surface area contributed by atoms with Crippen LogP contribution in [0.5, 0.6) is 0 Å². The van der Waals surface area contributed by atoms with Crippen molar-refractivity contribution in [2.75, 3.05) is 17.2 Å². The quantitative estimate of drug-likeness (QED) is 0.479. The topological polar surface area (TPSA) is 97.9 Å². The fraction of sp³-hybridized carbons (Fsp3) is 0.174. The van der Waals surface area contributed by atoms with Crippen LogP contribution in [0.4, 0.5) is 11.6 Å². The van der Waals surface area contributed by atoms with Crippen molar-refractivity contribution in [3.8, 4) is 5.95 Å². The second kappa shape index (κ2) is 7.18. The first kappa shape index (κ1) is 18.2. The van der Waals surface area contributed by atoms with Gasteiger partial charge in [-0.2, -0.15) is 9.97 Å². The maximum absolute atomic E-state index is 11.9. The number of nitrogens with one attached hydrogen (secondary N) is 2. The first-order chi connectivity index (χ1) is 14.6. The monoisotopic (exact) mass is 398 g/mol. The molecule has 150 valence electrons. The largest absolute Gasteiger partial charge is 0.369 e. The van der Waals surface area contributed by atoms with E-state index in [0.29, 0.717) is 18.1 Å². The predicted molar refractivity (Wildman–Crippen MR) is 118 cm³/mol. The van der Waals surface area contributed by atoms with Crippen LogP contribution in [0.2, 0.25) is 0 Å². The number of aryl methyl sites for hydroxylation is 1. The summed E-state index contributed by atoms with van der Waals surface area (Å²) in [5.41, 5.74) is 10.1. The van der Waals surface area contributed by atoms with Gasteiger partial charge in [-0.3, -0.25) is 9.36 Å². The van der Waals surface area contributed by atoms with E-state index in [4.69, 9.17) is 15.7 Å². The van der Waals surface area contributed by atoms with Crippen LogP contribution in [0.3, 0.4) is 0 Å². The van der Waals surface area contributed by atoms with E-state index in [0.717, 1.165) is 46.8 Å². The van der Waals surface area contributed by atoms with Crippen molar-refractivity contribution >= 4 is 28.4 Å². The van der Waals surface area contributed by atoms with Crippen LogP contribution >= 0.6 is 0 Å². The van der Waals surface area contributed by atoms with Crippen LogP contribution in [0.25, 0.3) is 16.9 Å². The Morgan fingerprint density at radius 2 is 2.00 bits per heavy atom. The van der Waals surface area contributed by atoms with Crippen LogP contribution in [-0.2, 0) is 13.0 Å². The first-order valence-corrected chi connectivity index (χ1v) is 9.95. The molecule has 7 heteroatoms. The van der Waals surface area contributed by atoms with E-state index < -0.39 is 5.91 Å². The summed E-state index contributed by atoms with van der Waals surface area (Å²) >= 11 is 0. The van der Waals surface area contributed by atoms with Gasteiger partial charge in [0.05, 0.1) is 5.52 Å². The number of nitrogens with zero attached hydrogens (tertiary/aromatic N) is 3. The lowest BCUT2D eigenvalue weighted by Gasteiger charge is -2.14. The summed E-state index contributed by atoms with van der Waals surface area (Å²) in [4.78, 5) is 21.5. The second-order valence-corrected chi connectivity index (χ2v) is 7.44. The summed E-state index contributed by atoms with van der Waals surface area (Å²) in [5.74, 6) is 1.80. The van der Waals surface area contributed by atoms with Gasteiger partial charge in [0, 0.05) is 35.3 Å². The predicted octanol–water partition coefficient (Wildman–Crippen LogP) is 3.41. The molecule has 5 rings (SSSR count). The Morgan fingerprint density at radius 3 is 2.80 bits per heavy atom. The van der Waals surface area contributed by atoms with Gasteiger partial charge in [-0.05, 0) is 37.1 Å². The molecule has 0 spiro atoms. The number of fused-ring (bicyclic) bond motifs is 2. The SMILES string of the molecule is Cc1cc2c(C(N)=O)cccc2n1-c1nc2c(c(NCc3ccccc3)n1)CCN2. The molecule has 0 saturated carbocycles. The third-order valence-electron chi connectivity index (χ3n) is 5.46. The number of aromatic nitrogens is 3. The summed E-state index contributed by atoms with van der Waals surface area (Å²) in [6.45, 7) is 3.50. The van der Waals surface area contributed by atoms with Crippen molar-refractivity contribution < 1.29 is 4.79 Å². The van der Waals surface area contributed by atoms with Crippen molar-refractivity contribution in [2.45, 2.75) is 19.9 Å². The molecule has 0 radical (unpaired) electrons. The van der Waals surface area contributed by atoms with Crippen LogP contribution < -0.4 is 16.4 Å². The molecule has 1 amide bonds. The molecule has 0 fully saturated rings. The molecular formula is C23H22N6O. The van der Waals surface area contributed by atoms with Crippen LogP contribution in [0.15, 0.2) is 54.6 Å². The van der Waals surface area contributed by atoms with E-state index in [1.165, 1.54) is 5.56 Å². The number of rotatable bonds is 5. The Kier molecular flexibility index (Phi) is 4.35. The normalized spacial score (nSPS) is 12.6. The lowest BCUT2D eigenvalue weighted by atomic mass is 10.1. The van der Waals surface area contributed by atoms with E-state index in [-0.39, 0.29) is 0 Å². The fourth-order valence-corrected chi connectivity index (χ4v) is 4.03. The molecule has 0 unspecified atom stereocenters. The average Bonchev–Trinajstić information content (AvgIpc) is 3.35. The molecule has 1 aliphatic rings. The zero-order chi connectivity index (χ0) is 20.7. The van der Waals surface area contributed by atoms with Crippen LogP contribution in [0.1, 0.15) is 27.2 Å². The fourth-order valence-electron chi connectivity index (χ4n) is 4.03. The van der Waals surface area contributed by atoms with Gasteiger partial charge in [-0.15, -0.1) is 0 Å². The standard InChI is InChI=1S/C23H22N6O/c1-14-12-18-16(20(24)30)8-5-9-19(18)29(14)23-27-21-17(10-11-25-21)22(28-23)26-13-15-6-3-2-4-7-15/h2-9,12H,10-11,13H2,1H3,(H2,24,30)(H2,25,26,27,28). The number of amides is 1. The summed E-state index contributed by atoms with van der Waals surface area (Å²) < 4.78 is 1.97. The maximum atomic E-state index is 11.9. The number of carbonyl (C=O) groups is 1. The van der Waals surface area contributed by atoms with Crippen molar-refractivity contribution in [1.29, 1.82) is 0 Å². The minimum absolute atomic E-state index is 0.445. The minimum Gasteiger partial charge on any atom is -0.369 e. The van der Waals surface area contributed by atoms with E-state index in [1.807, 2.05) is 47.9 Å². The molecule has 0 atom stereocenters. The molecule has 0 aliphatic carbocycles. The Bertz CT molecular complexity index is 1260. The van der Waals surface area contributed by atoms with E-state index in [2.05, 4.69) is 22.8 Å². The number of hydrogen-bond donors (Lipinski definition) is 3. The highest BCUT2D eigenvalue weighted by atomic mass is 16.1. The third kappa shape index (κ3) is 3.04. The Balaban J connectivity index is 1.61. The number of nitrogens with two attached hydrogens (primary N) is 1. The third-order valence-corrected chi connectivity index (χ3v) is 5.46. The molecule has 7 nitrogen and oxygen atoms in total. The van der Waals surface area contributed by atoms with E-state index >= 15 is 0 Å². The van der Waals surface area contributed by atoms with Gasteiger partial charge < -0.3 is 16.4 Å². The number of carbonyl (C=O) groups excluding carboxylic acids is 1. The van der Waals surface area contributed by atoms with Crippen LogP contribution in [-0.4, -0.2) is 27.0 Å². The first-order valence-electron chi connectivity index (χ1n) is 9.95. The van der Waals surface area contributed by atoms with Crippen molar-refractivity contribution in [2.24, 2.45) is 5.73 Å². The van der Waals surface area contributed by atoms with Crippen molar-refractivity contribution in [3.63, 3.8) is 0 Å². The highest BCUT2D eigenvalue weighted by Gasteiger charge is 2.22. The Hall–Kier alpha value is -3.87. The molecule has 2 aromatic carbocycles. The van der Waals surface area contributed by atoms with Gasteiger partial charge in [0.25, 0.3) is 0 Å². The molecule has 3 heterocycles. The molecule has 2 aromatic heterocycles. The number of anilines is 2. The number of benzene rings is 2. The molecule has 30 heavy (non-hydrogen) atoms. The summed E-state index contributed by atoms with van der Waals surface area (Å²) in [7, 11) is 0. The summed E-state index contributed by atoms with van der Waals surface area (Å²) in [6.07, 6.45) is 0.879. The van der Waals surface area contributed by atoms with Gasteiger partial charge >= 0.3 is 0 Å². The average molecular weight is 398 g/mol. The van der Waals surface area contributed by atoms with E-state index in [1.54, 1.807) is 6.07 Å². The van der Waals surface area contributed by atoms with Crippen molar-refractivity contribution in [1.82, 2.24) is 14.5 Å².